The summed E-state index contributed by atoms with van der Waals surface area (Å²) < 4.78 is 9.74. The van der Waals surface area contributed by atoms with Crippen LogP contribution in [0.15, 0.2) is 18.2 Å². The molecule has 1 amide bonds. The van der Waals surface area contributed by atoms with E-state index >= 15 is 0 Å². The van der Waals surface area contributed by atoms with Crippen LogP contribution in [0.1, 0.15) is 25.0 Å². The molecule has 0 aromatic heterocycles. The molecule has 1 aromatic rings. The summed E-state index contributed by atoms with van der Waals surface area (Å²) in [4.78, 5) is 11.1. The lowest BCUT2D eigenvalue weighted by Crippen LogP contribution is -2.22. The third kappa shape index (κ3) is 5.12. The number of carbonyl (C=O) groups excluding carboxylic acids is 1. The zero-order valence-corrected chi connectivity index (χ0v) is 12.8. The second kappa shape index (κ2) is 7.18. The fraction of sp³-hybridized carbons (Fsp3) is 0.400. The molecule has 0 heterocycles. The summed E-state index contributed by atoms with van der Waals surface area (Å²) in [5, 5.41) is 3.15. The number of methoxy groups -OCH3 is 2. The minimum Gasteiger partial charge on any atom is -0.453 e. The van der Waals surface area contributed by atoms with E-state index in [-0.39, 0.29) is 6.54 Å². The molecular formula is C15H18ClNO3. The van der Waals surface area contributed by atoms with Gasteiger partial charge in [0.15, 0.2) is 0 Å². The van der Waals surface area contributed by atoms with E-state index in [1.165, 1.54) is 7.11 Å². The van der Waals surface area contributed by atoms with Crippen LogP contribution in [0.4, 0.5) is 4.79 Å². The van der Waals surface area contributed by atoms with E-state index in [9.17, 15) is 4.79 Å². The van der Waals surface area contributed by atoms with E-state index in [4.69, 9.17) is 16.3 Å². The highest BCUT2D eigenvalue weighted by atomic mass is 35.5. The fourth-order valence-corrected chi connectivity index (χ4v) is 1.49. The van der Waals surface area contributed by atoms with Crippen LogP contribution in [-0.4, -0.2) is 25.9 Å². The Labute approximate surface area is 124 Å². The molecule has 0 saturated heterocycles. The Hall–Kier alpha value is -1.70. The van der Waals surface area contributed by atoms with Gasteiger partial charge in [-0.15, -0.1) is 0 Å². The first-order valence-corrected chi connectivity index (χ1v) is 6.44. The molecule has 0 saturated carbocycles. The second-order valence-corrected chi connectivity index (χ2v) is 5.02. The van der Waals surface area contributed by atoms with E-state index in [0.717, 1.165) is 11.1 Å². The fourth-order valence-electron chi connectivity index (χ4n) is 1.30. The molecule has 20 heavy (non-hydrogen) atoms. The molecule has 1 aromatic carbocycles. The molecule has 4 nitrogen and oxygen atoms in total. The lowest BCUT2D eigenvalue weighted by atomic mass is 10.1. The molecule has 5 heteroatoms. The number of carbonyl (C=O) groups is 1. The first-order valence-electron chi connectivity index (χ1n) is 6.06. The van der Waals surface area contributed by atoms with Crippen LogP contribution in [-0.2, 0) is 16.0 Å². The van der Waals surface area contributed by atoms with Crippen LogP contribution in [0.25, 0.3) is 0 Å². The van der Waals surface area contributed by atoms with E-state index in [2.05, 4.69) is 21.9 Å². The van der Waals surface area contributed by atoms with E-state index < -0.39 is 11.7 Å². The van der Waals surface area contributed by atoms with Gasteiger partial charge in [-0.1, -0.05) is 23.4 Å². The second-order valence-electron chi connectivity index (χ2n) is 4.62. The van der Waals surface area contributed by atoms with Crippen molar-refractivity contribution in [3.05, 3.63) is 34.3 Å². The van der Waals surface area contributed by atoms with E-state index in [1.54, 1.807) is 13.2 Å². The summed E-state index contributed by atoms with van der Waals surface area (Å²) in [5.41, 5.74) is 1.07. The SMILES string of the molecule is COC(=O)NCc1cc(C#CC(C)(C)OC)ccc1Cl. The van der Waals surface area contributed by atoms with Gasteiger partial charge in [-0.25, -0.2) is 4.79 Å². The highest BCUT2D eigenvalue weighted by Crippen LogP contribution is 2.17. The summed E-state index contributed by atoms with van der Waals surface area (Å²) in [6, 6.07) is 5.40. The Morgan fingerprint density at radius 3 is 2.70 bits per heavy atom. The largest absolute Gasteiger partial charge is 0.453 e. The molecule has 108 valence electrons. The van der Waals surface area contributed by atoms with Gasteiger partial charge in [-0.2, -0.15) is 0 Å². The molecule has 0 unspecified atom stereocenters. The Morgan fingerprint density at radius 1 is 1.40 bits per heavy atom. The molecule has 0 aliphatic carbocycles. The number of halogens is 1. The van der Waals surface area contributed by atoms with Crippen LogP contribution in [0.2, 0.25) is 5.02 Å². The first-order chi connectivity index (χ1) is 9.38. The zero-order chi connectivity index (χ0) is 15.2. The molecule has 0 aliphatic heterocycles. The van der Waals surface area contributed by atoms with Gasteiger partial charge >= 0.3 is 6.09 Å². The summed E-state index contributed by atoms with van der Waals surface area (Å²) in [7, 11) is 2.92. The van der Waals surface area contributed by atoms with Crippen molar-refractivity contribution in [3.63, 3.8) is 0 Å². The maximum absolute atomic E-state index is 11.1. The van der Waals surface area contributed by atoms with Gasteiger partial charge in [0.25, 0.3) is 0 Å². The van der Waals surface area contributed by atoms with E-state index in [0.29, 0.717) is 5.02 Å². The normalized spacial score (nSPS) is 10.4. The summed E-state index contributed by atoms with van der Waals surface area (Å²) >= 11 is 6.08. The minimum absolute atomic E-state index is 0.286. The number of hydrogen-bond acceptors (Lipinski definition) is 3. The summed E-state index contributed by atoms with van der Waals surface area (Å²) in [6.45, 7) is 4.06. The van der Waals surface area contributed by atoms with Crippen molar-refractivity contribution in [1.82, 2.24) is 5.32 Å². The zero-order valence-electron chi connectivity index (χ0n) is 12.0. The Balaban J connectivity index is 2.88. The first kappa shape index (κ1) is 16.4. The van der Waals surface area contributed by atoms with Gasteiger partial charge < -0.3 is 14.8 Å². The Kier molecular flexibility index (Phi) is 5.87. The molecule has 0 aliphatic rings. The Morgan fingerprint density at radius 2 is 2.10 bits per heavy atom. The van der Waals surface area contributed by atoms with Crippen molar-refractivity contribution in [2.75, 3.05) is 14.2 Å². The third-order valence-corrected chi connectivity index (χ3v) is 3.04. The average molecular weight is 296 g/mol. The van der Waals surface area contributed by atoms with Crippen LogP contribution < -0.4 is 5.32 Å². The van der Waals surface area contributed by atoms with Crippen molar-refractivity contribution in [2.24, 2.45) is 0 Å². The molecule has 0 atom stereocenters. The minimum atomic E-state index is -0.510. The summed E-state index contributed by atoms with van der Waals surface area (Å²) in [5.74, 6) is 6.05. The topological polar surface area (TPSA) is 47.6 Å². The number of ether oxygens (including phenoxy) is 2. The third-order valence-electron chi connectivity index (χ3n) is 2.67. The number of rotatable bonds is 3. The van der Waals surface area contributed by atoms with Crippen LogP contribution in [0.3, 0.4) is 0 Å². The Bertz CT molecular complexity index is 544. The maximum Gasteiger partial charge on any atom is 0.407 e. The molecule has 0 radical (unpaired) electrons. The summed E-state index contributed by atoms with van der Waals surface area (Å²) in [6.07, 6.45) is -0.502. The van der Waals surface area contributed by atoms with Crippen molar-refractivity contribution >= 4 is 17.7 Å². The van der Waals surface area contributed by atoms with Crippen LogP contribution >= 0.6 is 11.6 Å². The highest BCUT2D eigenvalue weighted by molar-refractivity contribution is 6.31. The van der Waals surface area contributed by atoms with Gasteiger partial charge in [-0.3, -0.25) is 0 Å². The molecule has 1 N–H and O–H groups in total. The predicted molar refractivity (Wildman–Crippen MR) is 78.7 cm³/mol. The van der Waals surface area contributed by atoms with Gasteiger partial charge in [-0.05, 0) is 37.6 Å². The maximum atomic E-state index is 11.1. The van der Waals surface area contributed by atoms with E-state index in [1.807, 2.05) is 26.0 Å². The lowest BCUT2D eigenvalue weighted by Gasteiger charge is -2.14. The smallest absolute Gasteiger partial charge is 0.407 e. The molecule has 0 spiro atoms. The number of amides is 1. The van der Waals surface area contributed by atoms with Crippen molar-refractivity contribution in [3.8, 4) is 11.8 Å². The van der Waals surface area contributed by atoms with Crippen molar-refractivity contribution in [1.29, 1.82) is 0 Å². The molecule has 0 bridgehead atoms. The van der Waals surface area contributed by atoms with Gasteiger partial charge in [0.05, 0.1) is 7.11 Å². The standard InChI is InChI=1S/C15H18ClNO3/c1-15(2,20-4)8-7-11-5-6-13(16)12(9-11)10-17-14(18)19-3/h5-6,9H,10H2,1-4H3,(H,17,18). The quantitative estimate of drug-likeness (QED) is 0.872. The number of benzene rings is 1. The highest BCUT2D eigenvalue weighted by Gasteiger charge is 2.11. The van der Waals surface area contributed by atoms with Crippen molar-refractivity contribution in [2.45, 2.75) is 26.0 Å². The van der Waals surface area contributed by atoms with Gasteiger partial charge in [0.2, 0.25) is 0 Å². The molecular weight excluding hydrogens is 278 g/mol. The number of nitrogens with one attached hydrogen (secondary N) is 1. The number of hydrogen-bond donors (Lipinski definition) is 1. The monoisotopic (exact) mass is 295 g/mol. The molecule has 0 fully saturated rings. The van der Waals surface area contributed by atoms with Crippen LogP contribution in [0.5, 0.6) is 0 Å². The predicted octanol–water partition coefficient (Wildman–Crippen LogP) is 2.97. The molecule has 1 rings (SSSR count). The average Bonchev–Trinajstić information content (AvgIpc) is 2.44. The van der Waals surface area contributed by atoms with Gasteiger partial charge in [0, 0.05) is 24.2 Å². The van der Waals surface area contributed by atoms with Crippen LogP contribution in [0, 0.1) is 11.8 Å². The number of alkyl carbamates (subject to hydrolysis) is 1. The van der Waals surface area contributed by atoms with Crippen molar-refractivity contribution < 1.29 is 14.3 Å². The lowest BCUT2D eigenvalue weighted by molar-refractivity contribution is 0.0741. The van der Waals surface area contributed by atoms with Gasteiger partial charge in [0.1, 0.15) is 5.60 Å².